The van der Waals surface area contributed by atoms with Crippen molar-refractivity contribution in [3.05, 3.63) is 59.9 Å². The number of halogens is 1. The van der Waals surface area contributed by atoms with E-state index in [2.05, 4.69) is 0 Å². The van der Waals surface area contributed by atoms with Crippen LogP contribution in [0.1, 0.15) is 24.8 Å². The number of hydrogen-bond acceptors (Lipinski definition) is 4. The highest BCUT2D eigenvalue weighted by Crippen LogP contribution is 2.37. The summed E-state index contributed by atoms with van der Waals surface area (Å²) in [6, 6.07) is 12.8. The molecule has 2 aromatic carbocycles. The van der Waals surface area contributed by atoms with E-state index >= 15 is 0 Å². The number of hydrogen-bond donors (Lipinski definition) is 1. The lowest BCUT2D eigenvalue weighted by Crippen LogP contribution is -2.50. The number of amides is 1. The van der Waals surface area contributed by atoms with Crippen LogP contribution in [0, 0.1) is 18.2 Å². The number of nitrogens with zero attached hydrogens (tertiary/aromatic N) is 1. The predicted molar refractivity (Wildman–Crippen MR) is 107 cm³/mol. The second kappa shape index (κ2) is 8.51. The highest BCUT2D eigenvalue weighted by Gasteiger charge is 2.42. The van der Waals surface area contributed by atoms with Crippen LogP contribution in [0.25, 0.3) is 0 Å². The van der Waals surface area contributed by atoms with Gasteiger partial charge in [0.1, 0.15) is 11.6 Å². The van der Waals surface area contributed by atoms with E-state index in [-0.39, 0.29) is 24.5 Å². The van der Waals surface area contributed by atoms with E-state index in [1.807, 2.05) is 18.2 Å². The van der Waals surface area contributed by atoms with Crippen LogP contribution in [0.2, 0.25) is 0 Å². The van der Waals surface area contributed by atoms with Crippen molar-refractivity contribution in [2.24, 2.45) is 11.1 Å². The highest BCUT2D eigenvalue weighted by molar-refractivity contribution is 7.89. The van der Waals surface area contributed by atoms with Gasteiger partial charge in [0, 0.05) is 24.9 Å². The summed E-state index contributed by atoms with van der Waals surface area (Å²) in [5, 5.41) is 0. The molecular formula is C21H25FN2O4S. The Hall–Kier alpha value is -2.45. The average molecular weight is 421 g/mol. The zero-order valence-corrected chi connectivity index (χ0v) is 17.1. The van der Waals surface area contributed by atoms with E-state index in [4.69, 9.17) is 10.5 Å². The first-order valence-electron chi connectivity index (χ1n) is 9.44. The molecule has 3 rings (SSSR count). The lowest BCUT2D eigenvalue weighted by atomic mass is 9.78. The monoisotopic (exact) mass is 420 g/mol. The molecule has 1 fully saturated rings. The minimum Gasteiger partial charge on any atom is -0.493 e. The quantitative estimate of drug-likeness (QED) is 0.746. The topological polar surface area (TPSA) is 89.7 Å². The van der Waals surface area contributed by atoms with E-state index in [0.29, 0.717) is 30.7 Å². The van der Waals surface area contributed by atoms with Crippen molar-refractivity contribution in [1.82, 2.24) is 4.31 Å². The largest absolute Gasteiger partial charge is 0.493 e. The molecule has 0 bridgehead atoms. The van der Waals surface area contributed by atoms with Gasteiger partial charge in [-0.3, -0.25) is 4.79 Å². The van der Waals surface area contributed by atoms with Crippen molar-refractivity contribution in [3.63, 3.8) is 0 Å². The van der Waals surface area contributed by atoms with E-state index < -0.39 is 27.2 Å². The molecule has 8 heteroatoms. The fourth-order valence-electron chi connectivity index (χ4n) is 3.84. The van der Waals surface area contributed by atoms with Crippen LogP contribution in [0.5, 0.6) is 5.75 Å². The van der Waals surface area contributed by atoms with Crippen molar-refractivity contribution >= 4 is 15.9 Å². The van der Waals surface area contributed by atoms with Crippen molar-refractivity contribution in [3.8, 4) is 5.75 Å². The molecule has 29 heavy (non-hydrogen) atoms. The number of carbonyl (C=O) groups is 1. The lowest BCUT2D eigenvalue weighted by molar-refractivity contribution is -0.121. The Morgan fingerprint density at radius 3 is 2.62 bits per heavy atom. The maximum Gasteiger partial charge on any atom is 0.243 e. The zero-order valence-electron chi connectivity index (χ0n) is 16.3. The zero-order chi connectivity index (χ0) is 21.1. The summed E-state index contributed by atoms with van der Waals surface area (Å²) in [6.07, 6.45) is 1.22. The van der Waals surface area contributed by atoms with Gasteiger partial charge < -0.3 is 10.5 Å². The van der Waals surface area contributed by atoms with Gasteiger partial charge in [-0.05, 0) is 55.7 Å². The van der Waals surface area contributed by atoms with Crippen LogP contribution in [0.4, 0.5) is 4.39 Å². The van der Waals surface area contributed by atoms with Gasteiger partial charge >= 0.3 is 0 Å². The minimum absolute atomic E-state index is 0.0221. The van der Waals surface area contributed by atoms with Gasteiger partial charge in [0.15, 0.2) is 0 Å². The Kier molecular flexibility index (Phi) is 6.24. The fourth-order valence-corrected chi connectivity index (χ4v) is 5.64. The molecule has 1 amide bonds. The number of para-hydroxylation sites is 1. The Labute approximate surface area is 170 Å². The summed E-state index contributed by atoms with van der Waals surface area (Å²) in [5.74, 6) is -0.344. The molecule has 0 aromatic heterocycles. The van der Waals surface area contributed by atoms with Crippen LogP contribution in [0.3, 0.4) is 0 Å². The smallest absolute Gasteiger partial charge is 0.243 e. The standard InChI is InChI=1S/C21H25FN2O4S/c1-16-12-17(22)8-9-19(16)29(26,27)24-11-5-10-21(14-24,13-20(23)25)15-28-18-6-3-2-4-7-18/h2-4,6-9,12H,5,10-11,13-15H2,1H3,(H2,23,25)/t21-/m1/s1. The molecular weight excluding hydrogens is 395 g/mol. The molecule has 1 aliphatic rings. The summed E-state index contributed by atoms with van der Waals surface area (Å²) in [7, 11) is -3.84. The van der Waals surface area contributed by atoms with E-state index in [9.17, 15) is 17.6 Å². The number of primary amides is 1. The predicted octanol–water partition coefficient (Wildman–Crippen LogP) is 2.86. The third-order valence-corrected chi connectivity index (χ3v) is 7.22. The number of ether oxygens (including phenoxy) is 1. The molecule has 156 valence electrons. The first-order chi connectivity index (χ1) is 13.7. The van der Waals surface area contributed by atoms with Gasteiger partial charge in [-0.1, -0.05) is 18.2 Å². The van der Waals surface area contributed by atoms with Gasteiger partial charge in [0.05, 0.1) is 11.5 Å². The first-order valence-corrected chi connectivity index (χ1v) is 10.9. The van der Waals surface area contributed by atoms with Crippen molar-refractivity contribution < 1.29 is 22.3 Å². The minimum atomic E-state index is -3.84. The van der Waals surface area contributed by atoms with Crippen LogP contribution >= 0.6 is 0 Å². The maximum atomic E-state index is 13.4. The molecule has 2 aromatic rings. The second-order valence-electron chi connectivity index (χ2n) is 7.60. The SMILES string of the molecule is Cc1cc(F)ccc1S(=O)(=O)N1CCC[C@@](COc2ccccc2)(CC(N)=O)C1. The van der Waals surface area contributed by atoms with Gasteiger partial charge in [-0.2, -0.15) is 4.31 Å². The van der Waals surface area contributed by atoms with Gasteiger partial charge in [-0.15, -0.1) is 0 Å². The molecule has 2 N–H and O–H groups in total. The summed E-state index contributed by atoms with van der Waals surface area (Å²) >= 11 is 0. The van der Waals surface area contributed by atoms with E-state index in [0.717, 1.165) is 6.07 Å². The van der Waals surface area contributed by atoms with Crippen LogP contribution < -0.4 is 10.5 Å². The Balaban J connectivity index is 1.86. The molecule has 0 aliphatic carbocycles. The van der Waals surface area contributed by atoms with E-state index in [1.165, 1.54) is 16.4 Å². The molecule has 0 radical (unpaired) electrons. The van der Waals surface area contributed by atoms with Gasteiger partial charge in [0.25, 0.3) is 0 Å². The molecule has 1 heterocycles. The molecule has 0 unspecified atom stereocenters. The van der Waals surface area contributed by atoms with Crippen molar-refractivity contribution in [2.75, 3.05) is 19.7 Å². The molecule has 1 atom stereocenters. The number of piperidine rings is 1. The van der Waals surface area contributed by atoms with E-state index in [1.54, 1.807) is 19.1 Å². The van der Waals surface area contributed by atoms with Crippen LogP contribution in [0.15, 0.2) is 53.4 Å². The third-order valence-electron chi connectivity index (χ3n) is 5.22. The first kappa shape index (κ1) is 21.3. The Morgan fingerprint density at radius 1 is 1.24 bits per heavy atom. The number of nitrogens with two attached hydrogens (primary N) is 1. The molecule has 0 saturated carbocycles. The van der Waals surface area contributed by atoms with Crippen LogP contribution in [-0.2, 0) is 14.8 Å². The van der Waals surface area contributed by atoms with Crippen LogP contribution in [-0.4, -0.2) is 38.3 Å². The summed E-state index contributed by atoms with van der Waals surface area (Å²) in [5.41, 5.74) is 5.10. The number of benzene rings is 2. The molecule has 6 nitrogen and oxygen atoms in total. The number of sulfonamides is 1. The maximum absolute atomic E-state index is 13.4. The average Bonchev–Trinajstić information content (AvgIpc) is 2.67. The number of rotatable bonds is 7. The second-order valence-corrected chi connectivity index (χ2v) is 9.50. The lowest BCUT2D eigenvalue weighted by Gasteiger charge is -2.41. The summed E-state index contributed by atoms with van der Waals surface area (Å²) in [4.78, 5) is 11.8. The molecule has 1 aliphatic heterocycles. The summed E-state index contributed by atoms with van der Waals surface area (Å²) < 4.78 is 47.1. The Morgan fingerprint density at radius 2 is 1.97 bits per heavy atom. The Bertz CT molecular complexity index is 981. The third kappa shape index (κ3) is 4.94. The van der Waals surface area contributed by atoms with Gasteiger partial charge in [-0.25, -0.2) is 12.8 Å². The highest BCUT2D eigenvalue weighted by atomic mass is 32.2. The molecule has 0 spiro atoms. The number of carbonyl (C=O) groups excluding carboxylic acids is 1. The van der Waals surface area contributed by atoms with Crippen molar-refractivity contribution in [1.29, 1.82) is 0 Å². The molecule has 1 saturated heterocycles. The van der Waals surface area contributed by atoms with Crippen molar-refractivity contribution in [2.45, 2.75) is 31.1 Å². The summed E-state index contributed by atoms with van der Waals surface area (Å²) in [6.45, 7) is 2.18. The normalized spacial score (nSPS) is 20.3. The number of aryl methyl sites for hydroxylation is 1. The van der Waals surface area contributed by atoms with Gasteiger partial charge in [0.2, 0.25) is 15.9 Å². The fraction of sp³-hybridized carbons (Fsp3) is 0.381.